The molecule has 3 rings (SSSR count). The molecule has 6 heteroatoms. The second-order valence-corrected chi connectivity index (χ2v) is 5.45. The largest absolute Gasteiger partial charge is 0.465 e. The lowest BCUT2D eigenvalue weighted by atomic mass is 9.89. The van der Waals surface area contributed by atoms with Crippen LogP contribution in [0.5, 0.6) is 0 Å². The van der Waals surface area contributed by atoms with E-state index in [9.17, 15) is 9.90 Å². The fourth-order valence-electron chi connectivity index (χ4n) is 3.27. The molecule has 2 heterocycles. The van der Waals surface area contributed by atoms with Crippen molar-refractivity contribution in [1.82, 2.24) is 20.2 Å². The van der Waals surface area contributed by atoms with Crippen molar-refractivity contribution in [2.45, 2.75) is 24.9 Å². The van der Waals surface area contributed by atoms with E-state index in [1.165, 1.54) is 4.90 Å². The number of aromatic nitrogens is 2. The van der Waals surface area contributed by atoms with Crippen LogP contribution in [-0.2, 0) is 0 Å². The first-order valence-corrected chi connectivity index (χ1v) is 6.97. The van der Waals surface area contributed by atoms with E-state index in [-0.39, 0.29) is 5.92 Å². The van der Waals surface area contributed by atoms with Gasteiger partial charge >= 0.3 is 6.09 Å². The van der Waals surface area contributed by atoms with Crippen LogP contribution in [0.2, 0.25) is 0 Å². The summed E-state index contributed by atoms with van der Waals surface area (Å²) in [5.74, 6) is -0.00787. The number of benzene rings is 1. The maximum absolute atomic E-state index is 11.5. The molecule has 1 aromatic heterocycles. The molecule has 1 aromatic carbocycles. The quantitative estimate of drug-likeness (QED) is 0.883. The Bertz CT molecular complexity index is 685. The van der Waals surface area contributed by atoms with Crippen LogP contribution in [0.4, 0.5) is 4.79 Å². The summed E-state index contributed by atoms with van der Waals surface area (Å²) in [7, 11) is 1.79. The number of carbonyl (C=O) groups is 1. The van der Waals surface area contributed by atoms with Crippen molar-refractivity contribution in [2.24, 2.45) is 0 Å². The van der Waals surface area contributed by atoms with Crippen molar-refractivity contribution in [3.8, 4) is 0 Å². The second-order valence-electron chi connectivity index (χ2n) is 5.45. The molecule has 2 atom stereocenters. The van der Waals surface area contributed by atoms with E-state index in [1.54, 1.807) is 13.4 Å². The topological polar surface area (TPSA) is 78.4 Å². The molecule has 1 aliphatic rings. The molecule has 0 spiro atoms. The summed E-state index contributed by atoms with van der Waals surface area (Å²) in [6.07, 6.45) is 1.38. The predicted octanol–water partition coefficient (Wildman–Crippen LogP) is 2.03. The van der Waals surface area contributed by atoms with Crippen LogP contribution in [0.25, 0.3) is 10.9 Å². The highest BCUT2D eigenvalue weighted by Gasteiger charge is 2.48. The molecule has 21 heavy (non-hydrogen) atoms. The van der Waals surface area contributed by atoms with Crippen molar-refractivity contribution in [3.63, 3.8) is 0 Å². The lowest BCUT2D eigenvalue weighted by molar-refractivity contribution is 0.0897. The molecule has 1 amide bonds. The van der Waals surface area contributed by atoms with Crippen LogP contribution in [-0.4, -0.2) is 45.3 Å². The lowest BCUT2D eigenvalue weighted by Crippen LogP contribution is -2.56. The van der Waals surface area contributed by atoms with Crippen LogP contribution in [0, 0.1) is 0 Å². The highest BCUT2D eigenvalue weighted by molar-refractivity contribution is 5.81. The van der Waals surface area contributed by atoms with Gasteiger partial charge in [0.2, 0.25) is 0 Å². The average Bonchev–Trinajstić information content (AvgIpc) is 2.85. The summed E-state index contributed by atoms with van der Waals surface area (Å²) in [5, 5.41) is 13.6. The van der Waals surface area contributed by atoms with Crippen molar-refractivity contribution in [2.75, 3.05) is 13.6 Å². The number of nitrogens with one attached hydrogen (secondary N) is 1. The number of fused-ring (bicyclic) bond motifs is 1. The molecular weight excluding hydrogens is 268 g/mol. The minimum atomic E-state index is -0.910. The number of amides is 1. The van der Waals surface area contributed by atoms with E-state index in [4.69, 9.17) is 0 Å². The third kappa shape index (κ3) is 2.03. The Balaban J connectivity index is 2.12. The first kappa shape index (κ1) is 13.8. The smallest absolute Gasteiger partial charge is 0.408 e. The number of carboxylic acid groups (broad SMARTS) is 1. The Hall–Kier alpha value is -2.21. The van der Waals surface area contributed by atoms with E-state index in [0.717, 1.165) is 23.0 Å². The summed E-state index contributed by atoms with van der Waals surface area (Å²) in [4.78, 5) is 21.7. The van der Waals surface area contributed by atoms with Gasteiger partial charge in [-0.15, -0.1) is 0 Å². The summed E-state index contributed by atoms with van der Waals surface area (Å²) in [6.45, 7) is 2.41. The zero-order valence-electron chi connectivity index (χ0n) is 12.1. The Labute approximate surface area is 122 Å². The van der Waals surface area contributed by atoms with Gasteiger partial charge in [-0.05, 0) is 26.5 Å². The van der Waals surface area contributed by atoms with Crippen molar-refractivity contribution >= 4 is 17.0 Å². The second kappa shape index (κ2) is 4.96. The molecule has 0 radical (unpaired) electrons. The SMILES string of the molecule is CNC1(C)C(c2ncnc3ccccc23)CCN1C(=O)O. The number of hydrogen-bond donors (Lipinski definition) is 2. The normalized spacial score (nSPS) is 25.4. The molecule has 1 saturated heterocycles. The maximum atomic E-state index is 11.5. The van der Waals surface area contributed by atoms with Crippen LogP contribution < -0.4 is 5.32 Å². The van der Waals surface area contributed by atoms with Gasteiger partial charge in [-0.3, -0.25) is 10.2 Å². The van der Waals surface area contributed by atoms with Gasteiger partial charge in [-0.25, -0.2) is 14.8 Å². The van der Waals surface area contributed by atoms with Gasteiger partial charge in [0.15, 0.2) is 0 Å². The van der Waals surface area contributed by atoms with Crippen LogP contribution in [0.1, 0.15) is 25.0 Å². The molecular formula is C15H18N4O2. The molecule has 0 saturated carbocycles. The average molecular weight is 286 g/mol. The summed E-state index contributed by atoms with van der Waals surface area (Å²) in [5.41, 5.74) is 1.12. The number of nitrogens with zero attached hydrogens (tertiary/aromatic N) is 3. The number of rotatable bonds is 2. The van der Waals surface area contributed by atoms with Gasteiger partial charge in [-0.1, -0.05) is 18.2 Å². The Morgan fingerprint density at radius 2 is 2.19 bits per heavy atom. The van der Waals surface area contributed by atoms with Crippen LogP contribution >= 0.6 is 0 Å². The molecule has 2 N–H and O–H groups in total. The lowest BCUT2D eigenvalue weighted by Gasteiger charge is -2.37. The third-order valence-electron chi connectivity index (χ3n) is 4.52. The number of para-hydroxylation sites is 1. The predicted molar refractivity (Wildman–Crippen MR) is 79.1 cm³/mol. The summed E-state index contributed by atoms with van der Waals surface area (Å²) >= 11 is 0. The zero-order valence-corrected chi connectivity index (χ0v) is 12.1. The van der Waals surface area contributed by atoms with Gasteiger partial charge in [0.25, 0.3) is 0 Å². The van der Waals surface area contributed by atoms with E-state index in [0.29, 0.717) is 6.54 Å². The van der Waals surface area contributed by atoms with E-state index < -0.39 is 11.8 Å². The van der Waals surface area contributed by atoms with Gasteiger partial charge in [0.05, 0.1) is 11.2 Å². The maximum Gasteiger partial charge on any atom is 0.408 e. The van der Waals surface area contributed by atoms with E-state index in [1.807, 2.05) is 31.2 Å². The molecule has 1 fully saturated rings. The van der Waals surface area contributed by atoms with Crippen LogP contribution in [0.3, 0.4) is 0 Å². The van der Waals surface area contributed by atoms with E-state index >= 15 is 0 Å². The molecule has 0 aliphatic carbocycles. The first-order valence-electron chi connectivity index (χ1n) is 6.97. The number of likely N-dealkylation sites (tertiary alicyclic amines) is 1. The first-order chi connectivity index (χ1) is 10.1. The van der Waals surface area contributed by atoms with Crippen molar-refractivity contribution in [3.05, 3.63) is 36.3 Å². The highest BCUT2D eigenvalue weighted by atomic mass is 16.4. The van der Waals surface area contributed by atoms with E-state index in [2.05, 4.69) is 15.3 Å². The van der Waals surface area contributed by atoms with Crippen molar-refractivity contribution in [1.29, 1.82) is 0 Å². The van der Waals surface area contributed by atoms with Gasteiger partial charge < -0.3 is 5.11 Å². The molecule has 0 bridgehead atoms. The molecule has 1 aliphatic heterocycles. The molecule has 2 unspecified atom stereocenters. The highest BCUT2D eigenvalue weighted by Crippen LogP contribution is 2.41. The van der Waals surface area contributed by atoms with Crippen molar-refractivity contribution < 1.29 is 9.90 Å². The fourth-order valence-corrected chi connectivity index (χ4v) is 3.27. The van der Waals surface area contributed by atoms with Gasteiger partial charge in [-0.2, -0.15) is 0 Å². The standard InChI is InChI=1S/C15H18N4O2/c1-15(16-2)11(7-8-19(15)14(20)21)13-10-5-3-4-6-12(10)17-9-18-13/h3-6,9,11,16H,7-8H2,1-2H3,(H,20,21). The van der Waals surface area contributed by atoms with Crippen LogP contribution in [0.15, 0.2) is 30.6 Å². The molecule has 2 aromatic rings. The number of hydrogen-bond acceptors (Lipinski definition) is 4. The monoisotopic (exact) mass is 286 g/mol. The van der Waals surface area contributed by atoms with Gasteiger partial charge in [0, 0.05) is 17.8 Å². The fraction of sp³-hybridized carbons (Fsp3) is 0.400. The Morgan fingerprint density at radius 3 is 2.90 bits per heavy atom. The Morgan fingerprint density at radius 1 is 1.43 bits per heavy atom. The number of likely N-dealkylation sites (N-methyl/N-ethyl adjacent to an activating group) is 1. The van der Waals surface area contributed by atoms with Gasteiger partial charge in [0.1, 0.15) is 12.0 Å². The molecule has 6 nitrogen and oxygen atoms in total. The third-order valence-corrected chi connectivity index (χ3v) is 4.52. The summed E-state index contributed by atoms with van der Waals surface area (Å²) in [6, 6.07) is 7.83. The minimum absolute atomic E-state index is 0.00787. The Kier molecular flexibility index (Phi) is 3.25. The summed E-state index contributed by atoms with van der Waals surface area (Å²) < 4.78 is 0. The minimum Gasteiger partial charge on any atom is -0.465 e. The molecule has 110 valence electrons. The zero-order chi connectivity index (χ0) is 15.0.